The second kappa shape index (κ2) is 4.09. The van der Waals surface area contributed by atoms with Crippen molar-refractivity contribution in [3.8, 4) is 0 Å². The summed E-state index contributed by atoms with van der Waals surface area (Å²) in [6.07, 6.45) is 12.3. The van der Waals surface area contributed by atoms with Gasteiger partial charge in [0.25, 0.3) is 5.92 Å². The predicted octanol–water partition coefficient (Wildman–Crippen LogP) is 5.09. The third-order valence-electron chi connectivity index (χ3n) is 5.73. The molecule has 2 aliphatic heterocycles. The van der Waals surface area contributed by atoms with Gasteiger partial charge in [-0.15, -0.1) is 0 Å². The Morgan fingerprint density at radius 1 is 1.14 bits per heavy atom. The van der Waals surface area contributed by atoms with E-state index in [2.05, 4.69) is 20.4 Å². The first-order chi connectivity index (χ1) is 10.5. The molecule has 0 saturated carbocycles. The van der Waals surface area contributed by atoms with E-state index in [0.717, 1.165) is 29.7 Å². The first kappa shape index (κ1) is 13.7. The number of allylic oxidation sites excluding steroid dienone is 8. The van der Waals surface area contributed by atoms with Crippen LogP contribution in [0.15, 0.2) is 71.3 Å². The molecule has 3 heteroatoms. The molecule has 0 radical (unpaired) electrons. The van der Waals surface area contributed by atoms with E-state index in [4.69, 9.17) is 0 Å². The van der Waals surface area contributed by atoms with Gasteiger partial charge in [-0.25, -0.2) is 8.78 Å². The number of hydrogen-bond donors (Lipinski definition) is 0. The molecule has 0 spiro atoms. The van der Waals surface area contributed by atoms with E-state index in [1.807, 2.05) is 17.2 Å². The van der Waals surface area contributed by atoms with Crippen molar-refractivity contribution in [1.29, 1.82) is 0 Å². The van der Waals surface area contributed by atoms with Crippen molar-refractivity contribution < 1.29 is 8.78 Å². The molecule has 1 atom stereocenters. The van der Waals surface area contributed by atoms with Crippen LogP contribution >= 0.6 is 0 Å². The molecule has 2 heterocycles. The molecule has 0 N–H and O–H groups in total. The summed E-state index contributed by atoms with van der Waals surface area (Å²) in [5, 5.41) is 0. The maximum Gasteiger partial charge on any atom is 0.285 e. The van der Waals surface area contributed by atoms with Gasteiger partial charge >= 0.3 is 0 Å². The highest BCUT2D eigenvalue weighted by Crippen LogP contribution is 2.63. The molecular weight excluding hydrogens is 280 g/mol. The highest BCUT2D eigenvalue weighted by Gasteiger charge is 2.60. The van der Waals surface area contributed by atoms with Gasteiger partial charge in [-0.05, 0) is 36.1 Å². The minimum Gasteiger partial charge on any atom is -0.320 e. The number of halogens is 2. The summed E-state index contributed by atoms with van der Waals surface area (Å²) < 4.78 is 29.8. The van der Waals surface area contributed by atoms with E-state index in [1.165, 1.54) is 0 Å². The Morgan fingerprint density at radius 2 is 1.82 bits per heavy atom. The normalized spacial score (nSPS) is 29.5. The van der Waals surface area contributed by atoms with Gasteiger partial charge in [0.05, 0.1) is 11.6 Å². The largest absolute Gasteiger partial charge is 0.320 e. The molecule has 22 heavy (non-hydrogen) atoms. The van der Waals surface area contributed by atoms with Crippen LogP contribution in [0.2, 0.25) is 0 Å². The van der Waals surface area contributed by atoms with Crippen molar-refractivity contribution in [1.82, 2.24) is 4.90 Å². The van der Waals surface area contributed by atoms with Crippen LogP contribution in [-0.2, 0) is 0 Å². The fraction of sp³-hybridized carbons (Fsp3) is 0.368. The molecular formula is C19H19F2N. The van der Waals surface area contributed by atoms with Crippen LogP contribution in [0.5, 0.6) is 0 Å². The van der Waals surface area contributed by atoms with Crippen LogP contribution in [0.3, 0.4) is 0 Å². The van der Waals surface area contributed by atoms with Gasteiger partial charge in [-0.2, -0.15) is 0 Å². The minimum atomic E-state index is -2.85. The lowest BCUT2D eigenvalue weighted by Crippen LogP contribution is -2.39. The maximum atomic E-state index is 14.9. The second-order valence-electron chi connectivity index (χ2n) is 6.36. The molecule has 0 aromatic carbocycles. The Labute approximate surface area is 129 Å². The minimum absolute atomic E-state index is 0.134. The molecule has 0 aromatic rings. The van der Waals surface area contributed by atoms with Crippen molar-refractivity contribution in [2.75, 3.05) is 0 Å². The van der Waals surface area contributed by atoms with Crippen LogP contribution in [0.25, 0.3) is 0 Å². The van der Waals surface area contributed by atoms with Crippen LogP contribution in [0, 0.1) is 11.3 Å². The molecule has 4 aliphatic rings. The van der Waals surface area contributed by atoms with E-state index in [9.17, 15) is 8.78 Å². The average Bonchev–Trinajstić information content (AvgIpc) is 2.77. The third-order valence-corrected chi connectivity index (χ3v) is 5.73. The smallest absolute Gasteiger partial charge is 0.285 e. The van der Waals surface area contributed by atoms with Gasteiger partial charge in [0.1, 0.15) is 0 Å². The van der Waals surface area contributed by atoms with Crippen LogP contribution < -0.4 is 0 Å². The topological polar surface area (TPSA) is 3.24 Å². The fourth-order valence-electron chi connectivity index (χ4n) is 4.48. The zero-order valence-corrected chi connectivity index (χ0v) is 12.9. The molecule has 2 aliphatic carbocycles. The SMILES string of the molecule is C=C1N2C=CC=C3C2=C2C(=CC=CC2C3(F)F)C1(CC)CC. The molecule has 4 rings (SSSR count). The van der Waals surface area contributed by atoms with E-state index in [1.54, 1.807) is 24.3 Å². The van der Waals surface area contributed by atoms with Crippen molar-refractivity contribution in [2.24, 2.45) is 11.3 Å². The quantitative estimate of drug-likeness (QED) is 0.686. The Hall–Kier alpha value is -1.90. The molecule has 114 valence electrons. The summed E-state index contributed by atoms with van der Waals surface area (Å²) in [6, 6.07) is 0. The molecule has 0 saturated heterocycles. The molecule has 1 unspecified atom stereocenters. The highest BCUT2D eigenvalue weighted by molar-refractivity contribution is 5.67. The van der Waals surface area contributed by atoms with E-state index >= 15 is 0 Å². The lowest BCUT2D eigenvalue weighted by atomic mass is 9.65. The Morgan fingerprint density at radius 3 is 2.50 bits per heavy atom. The van der Waals surface area contributed by atoms with Gasteiger partial charge in [-0.3, -0.25) is 0 Å². The zero-order chi connectivity index (χ0) is 15.7. The Kier molecular flexibility index (Phi) is 2.56. The highest BCUT2D eigenvalue weighted by atomic mass is 19.3. The first-order valence-electron chi connectivity index (χ1n) is 7.88. The van der Waals surface area contributed by atoms with Crippen LogP contribution in [0.1, 0.15) is 26.7 Å². The molecule has 1 nitrogen and oxygen atoms in total. The van der Waals surface area contributed by atoms with E-state index in [0.29, 0.717) is 5.70 Å². The van der Waals surface area contributed by atoms with Gasteiger partial charge in [0.15, 0.2) is 0 Å². The van der Waals surface area contributed by atoms with Crippen molar-refractivity contribution in [3.63, 3.8) is 0 Å². The third kappa shape index (κ3) is 1.29. The number of alkyl halides is 2. The molecule has 0 bridgehead atoms. The van der Waals surface area contributed by atoms with Gasteiger partial charge in [0, 0.05) is 22.9 Å². The number of rotatable bonds is 2. The summed E-state index contributed by atoms with van der Waals surface area (Å²) in [5.74, 6) is -3.69. The summed E-state index contributed by atoms with van der Waals surface area (Å²) in [6.45, 7) is 8.52. The average molecular weight is 299 g/mol. The predicted molar refractivity (Wildman–Crippen MR) is 83.9 cm³/mol. The van der Waals surface area contributed by atoms with E-state index < -0.39 is 11.8 Å². The van der Waals surface area contributed by atoms with Gasteiger partial charge in [0.2, 0.25) is 0 Å². The second-order valence-corrected chi connectivity index (χ2v) is 6.36. The van der Waals surface area contributed by atoms with Crippen LogP contribution in [-0.4, -0.2) is 10.8 Å². The monoisotopic (exact) mass is 299 g/mol. The van der Waals surface area contributed by atoms with Crippen molar-refractivity contribution in [2.45, 2.75) is 32.6 Å². The van der Waals surface area contributed by atoms with E-state index in [-0.39, 0.29) is 11.0 Å². The zero-order valence-electron chi connectivity index (χ0n) is 12.9. The fourth-order valence-corrected chi connectivity index (χ4v) is 4.48. The first-order valence-corrected chi connectivity index (χ1v) is 7.88. The lowest BCUT2D eigenvalue weighted by molar-refractivity contribution is 0.0217. The van der Waals surface area contributed by atoms with Crippen molar-refractivity contribution in [3.05, 3.63) is 71.3 Å². The summed E-state index contributed by atoms with van der Waals surface area (Å²) in [4.78, 5) is 1.90. The summed E-state index contributed by atoms with van der Waals surface area (Å²) >= 11 is 0. The van der Waals surface area contributed by atoms with Crippen molar-refractivity contribution >= 4 is 0 Å². The van der Waals surface area contributed by atoms with Gasteiger partial charge < -0.3 is 4.90 Å². The Bertz CT molecular complexity index is 727. The Balaban J connectivity index is 2.07. The molecule has 0 fully saturated rings. The van der Waals surface area contributed by atoms with Gasteiger partial charge in [-0.1, -0.05) is 38.7 Å². The number of hydrogen-bond acceptors (Lipinski definition) is 1. The standard InChI is InChI=1S/C19H19F2N/c1-4-18(5-2)12(3)22-11-7-10-15-17(22)16-13(18)8-6-9-14(16)19(15,20)21/h6-11,14H,3-5H2,1-2H3. The lowest BCUT2D eigenvalue weighted by Gasteiger charge is -2.48. The molecule has 0 aromatic heterocycles. The summed E-state index contributed by atoms with van der Waals surface area (Å²) in [7, 11) is 0. The van der Waals surface area contributed by atoms with Crippen LogP contribution in [0.4, 0.5) is 8.78 Å². The number of nitrogens with zero attached hydrogens (tertiary/aromatic N) is 1. The summed E-state index contributed by atoms with van der Waals surface area (Å²) in [5.41, 5.74) is 3.30. The maximum absolute atomic E-state index is 14.9. The molecule has 0 amide bonds.